The molecule has 1 aromatic rings. The summed E-state index contributed by atoms with van der Waals surface area (Å²) in [5.74, 6) is -0.187. The van der Waals surface area contributed by atoms with Crippen LogP contribution in [0.15, 0.2) is 10.5 Å². The maximum Gasteiger partial charge on any atom is 0.265 e. The maximum atomic E-state index is 12.3. The third-order valence-corrected chi connectivity index (χ3v) is 4.58. The van der Waals surface area contributed by atoms with Gasteiger partial charge < -0.3 is 20.6 Å². The van der Waals surface area contributed by atoms with Gasteiger partial charge in [-0.1, -0.05) is 16.8 Å². The number of carbonyl (C=O) groups is 1. The van der Waals surface area contributed by atoms with Crippen molar-refractivity contribution in [2.24, 2.45) is 10.9 Å². The van der Waals surface area contributed by atoms with Crippen LogP contribution in [0.25, 0.3) is 0 Å². The first-order valence-corrected chi connectivity index (χ1v) is 6.92. The number of ether oxygens (including phenoxy) is 1. The Morgan fingerprint density at radius 2 is 2.47 bits per heavy atom. The molecule has 104 valence electrons. The molecule has 1 fully saturated rings. The molecule has 0 radical (unpaired) electrons. The van der Waals surface area contributed by atoms with E-state index in [9.17, 15) is 4.79 Å². The van der Waals surface area contributed by atoms with Crippen LogP contribution >= 0.6 is 22.9 Å². The van der Waals surface area contributed by atoms with E-state index in [0.29, 0.717) is 23.1 Å². The fraction of sp³-hybridized carbons (Fsp3) is 0.455. The molecule has 0 saturated carbocycles. The number of carbonyl (C=O) groups excluding carboxylic acids is 1. The third kappa shape index (κ3) is 2.83. The van der Waals surface area contributed by atoms with Gasteiger partial charge in [-0.15, -0.1) is 11.3 Å². The zero-order valence-electron chi connectivity index (χ0n) is 10.3. The molecule has 8 heteroatoms. The molecule has 0 bridgehead atoms. The molecule has 1 saturated heterocycles. The van der Waals surface area contributed by atoms with Crippen LogP contribution in [0.4, 0.5) is 0 Å². The zero-order chi connectivity index (χ0) is 14.0. The quantitative estimate of drug-likeness (QED) is 0.373. The first kappa shape index (κ1) is 14.1. The van der Waals surface area contributed by atoms with Gasteiger partial charge >= 0.3 is 0 Å². The number of halogens is 1. The molecule has 2 rings (SSSR count). The molecule has 0 spiro atoms. The van der Waals surface area contributed by atoms with Gasteiger partial charge in [0.25, 0.3) is 5.91 Å². The smallest absolute Gasteiger partial charge is 0.265 e. The minimum absolute atomic E-state index is 0.0362. The molecule has 19 heavy (non-hydrogen) atoms. The summed E-state index contributed by atoms with van der Waals surface area (Å²) in [4.78, 5) is 14.5. The lowest BCUT2D eigenvalue weighted by Crippen LogP contribution is -2.50. The molecular formula is C11H14ClN3O3S. The second kappa shape index (κ2) is 5.77. The maximum absolute atomic E-state index is 12.3. The summed E-state index contributed by atoms with van der Waals surface area (Å²) in [5.41, 5.74) is 6.38. The summed E-state index contributed by atoms with van der Waals surface area (Å²) in [6.07, 6.45) is -0.581. The SMILES string of the molecule is Cc1csc(C(=O)N2CCOC(C(N)=NO)C2)c1Cl. The summed E-state index contributed by atoms with van der Waals surface area (Å²) in [7, 11) is 0. The van der Waals surface area contributed by atoms with Crippen LogP contribution in [0.3, 0.4) is 0 Å². The van der Waals surface area contributed by atoms with Crippen molar-refractivity contribution in [3.63, 3.8) is 0 Å². The van der Waals surface area contributed by atoms with Crippen molar-refractivity contribution < 1.29 is 14.7 Å². The summed E-state index contributed by atoms with van der Waals surface area (Å²) in [6.45, 7) is 2.91. The van der Waals surface area contributed by atoms with Gasteiger partial charge in [0.05, 0.1) is 18.2 Å². The first-order chi connectivity index (χ1) is 9.04. The Bertz CT molecular complexity index is 517. The van der Waals surface area contributed by atoms with E-state index < -0.39 is 6.10 Å². The van der Waals surface area contributed by atoms with Gasteiger partial charge in [0.2, 0.25) is 0 Å². The largest absolute Gasteiger partial charge is 0.409 e. The Morgan fingerprint density at radius 1 is 1.74 bits per heavy atom. The zero-order valence-corrected chi connectivity index (χ0v) is 11.9. The van der Waals surface area contributed by atoms with E-state index in [1.165, 1.54) is 11.3 Å². The number of amides is 1. The van der Waals surface area contributed by atoms with Crippen molar-refractivity contribution >= 4 is 34.7 Å². The van der Waals surface area contributed by atoms with Gasteiger partial charge in [0.1, 0.15) is 11.0 Å². The fourth-order valence-corrected chi connectivity index (χ4v) is 3.04. The van der Waals surface area contributed by atoms with E-state index in [0.717, 1.165) is 5.56 Å². The van der Waals surface area contributed by atoms with E-state index in [4.69, 9.17) is 27.3 Å². The van der Waals surface area contributed by atoms with Gasteiger partial charge in [-0.05, 0) is 17.9 Å². The van der Waals surface area contributed by atoms with Crippen molar-refractivity contribution in [1.82, 2.24) is 4.90 Å². The Morgan fingerprint density at radius 3 is 3.05 bits per heavy atom. The third-order valence-electron chi connectivity index (χ3n) is 2.89. The van der Waals surface area contributed by atoms with E-state index in [1.807, 2.05) is 12.3 Å². The van der Waals surface area contributed by atoms with Crippen molar-refractivity contribution in [2.75, 3.05) is 19.7 Å². The predicted octanol–water partition coefficient (Wildman–Crippen LogP) is 1.30. The highest BCUT2D eigenvalue weighted by Gasteiger charge is 2.29. The lowest BCUT2D eigenvalue weighted by molar-refractivity contribution is 0.00700. The lowest BCUT2D eigenvalue weighted by Gasteiger charge is -2.32. The number of nitrogens with zero attached hydrogens (tertiary/aromatic N) is 2. The van der Waals surface area contributed by atoms with Crippen LogP contribution in [-0.4, -0.2) is 47.7 Å². The minimum atomic E-state index is -0.581. The number of aryl methyl sites for hydroxylation is 1. The van der Waals surface area contributed by atoms with Crippen LogP contribution in [-0.2, 0) is 4.74 Å². The van der Waals surface area contributed by atoms with Crippen molar-refractivity contribution in [3.8, 4) is 0 Å². The van der Waals surface area contributed by atoms with Crippen LogP contribution in [0.2, 0.25) is 5.02 Å². The van der Waals surface area contributed by atoms with Gasteiger partial charge in [-0.3, -0.25) is 4.79 Å². The molecule has 1 unspecified atom stereocenters. The summed E-state index contributed by atoms with van der Waals surface area (Å²) in [6, 6.07) is 0. The van der Waals surface area contributed by atoms with E-state index in [2.05, 4.69) is 5.16 Å². The molecule has 6 nitrogen and oxygen atoms in total. The summed E-state index contributed by atoms with van der Waals surface area (Å²) >= 11 is 7.41. The number of rotatable bonds is 2. The van der Waals surface area contributed by atoms with E-state index in [1.54, 1.807) is 4.90 Å². The topological polar surface area (TPSA) is 88.2 Å². The van der Waals surface area contributed by atoms with Gasteiger partial charge in [0, 0.05) is 6.54 Å². The number of amidine groups is 1. The Kier molecular flexibility index (Phi) is 4.28. The molecule has 1 aliphatic rings. The first-order valence-electron chi connectivity index (χ1n) is 5.66. The highest BCUT2D eigenvalue weighted by Crippen LogP contribution is 2.28. The van der Waals surface area contributed by atoms with Crippen molar-refractivity contribution in [1.29, 1.82) is 0 Å². The van der Waals surface area contributed by atoms with Gasteiger partial charge in [0.15, 0.2) is 5.84 Å². The highest BCUT2D eigenvalue weighted by molar-refractivity contribution is 7.13. The number of oxime groups is 1. The monoisotopic (exact) mass is 303 g/mol. The normalized spacial score (nSPS) is 20.6. The Hall–Kier alpha value is -1.31. The summed E-state index contributed by atoms with van der Waals surface area (Å²) in [5, 5.41) is 13.9. The molecular weight excluding hydrogens is 290 g/mol. The Balaban J connectivity index is 2.13. The number of thiophene rings is 1. The van der Waals surface area contributed by atoms with Crippen LogP contribution in [0, 0.1) is 6.92 Å². The second-order valence-corrected chi connectivity index (χ2v) is 5.45. The molecule has 2 heterocycles. The molecule has 0 aliphatic carbocycles. The minimum Gasteiger partial charge on any atom is -0.409 e. The molecule has 1 amide bonds. The van der Waals surface area contributed by atoms with Crippen LogP contribution in [0.5, 0.6) is 0 Å². The average Bonchev–Trinajstić information content (AvgIpc) is 2.77. The molecule has 3 N–H and O–H groups in total. The standard InChI is InChI=1S/C11H14ClN3O3S/c1-6-5-19-9(8(6)12)11(16)15-2-3-18-7(4-15)10(13)14-17/h5,7,17H,2-4H2,1H3,(H2,13,14). The Labute approximate surface area is 119 Å². The van der Waals surface area contributed by atoms with E-state index in [-0.39, 0.29) is 18.3 Å². The summed E-state index contributed by atoms with van der Waals surface area (Å²) < 4.78 is 5.34. The molecule has 1 atom stereocenters. The lowest BCUT2D eigenvalue weighted by atomic mass is 10.2. The number of nitrogens with two attached hydrogens (primary N) is 1. The van der Waals surface area contributed by atoms with E-state index >= 15 is 0 Å². The highest BCUT2D eigenvalue weighted by atomic mass is 35.5. The molecule has 1 aromatic heterocycles. The molecule has 0 aromatic carbocycles. The van der Waals surface area contributed by atoms with Crippen LogP contribution < -0.4 is 5.73 Å². The second-order valence-electron chi connectivity index (χ2n) is 4.20. The average molecular weight is 304 g/mol. The fourth-order valence-electron chi connectivity index (χ4n) is 1.79. The van der Waals surface area contributed by atoms with Crippen LogP contribution in [0.1, 0.15) is 15.2 Å². The number of morpholine rings is 1. The predicted molar refractivity (Wildman–Crippen MR) is 73.1 cm³/mol. The van der Waals surface area contributed by atoms with Gasteiger partial charge in [-0.2, -0.15) is 0 Å². The van der Waals surface area contributed by atoms with Crippen molar-refractivity contribution in [3.05, 3.63) is 20.8 Å². The number of hydrogen-bond acceptors (Lipinski definition) is 5. The van der Waals surface area contributed by atoms with Gasteiger partial charge in [-0.25, -0.2) is 0 Å². The number of hydrogen-bond donors (Lipinski definition) is 2. The van der Waals surface area contributed by atoms with Crippen molar-refractivity contribution in [2.45, 2.75) is 13.0 Å². The molecule has 1 aliphatic heterocycles.